The number of carbonyl (C=O) groups excluding carboxylic acids is 1. The Hall–Kier alpha value is -3.16. The van der Waals surface area contributed by atoms with Crippen LogP contribution in [-0.4, -0.2) is 35.0 Å². The van der Waals surface area contributed by atoms with Gasteiger partial charge in [0.05, 0.1) is 12.0 Å². The summed E-state index contributed by atoms with van der Waals surface area (Å²) in [7, 11) is -0.255. The minimum absolute atomic E-state index is 0.0301. The van der Waals surface area contributed by atoms with E-state index in [1.54, 1.807) is 43.3 Å². The summed E-state index contributed by atoms with van der Waals surface area (Å²) in [5, 5.41) is 0. The van der Waals surface area contributed by atoms with E-state index in [0.29, 0.717) is 31.6 Å². The predicted octanol–water partition coefficient (Wildman–Crippen LogP) is 3.81. The van der Waals surface area contributed by atoms with Crippen LogP contribution < -0.4 is 14.4 Å². The molecule has 0 spiro atoms. The number of anilines is 1. The smallest absolute Gasteiger partial charge is 0.240 e. The molecule has 1 N–H and O–H groups in total. The minimum Gasteiger partial charge on any atom is -0.497 e. The molecular formula is C25H28N2O4S. The zero-order chi connectivity index (χ0) is 23.0. The van der Waals surface area contributed by atoms with Gasteiger partial charge in [-0.25, -0.2) is 13.1 Å². The van der Waals surface area contributed by atoms with Crippen LogP contribution in [0.25, 0.3) is 0 Å². The summed E-state index contributed by atoms with van der Waals surface area (Å²) in [4.78, 5) is 14.4. The van der Waals surface area contributed by atoms with Crippen LogP contribution in [0.2, 0.25) is 0 Å². The molecule has 0 aliphatic heterocycles. The summed E-state index contributed by atoms with van der Waals surface area (Å²) in [5.41, 5.74) is 2.74. The Kier molecular flexibility index (Phi) is 8.03. The molecule has 0 saturated heterocycles. The summed E-state index contributed by atoms with van der Waals surface area (Å²) in [6, 6.07) is 23.7. The number of aryl methyl sites for hydroxylation is 1. The van der Waals surface area contributed by atoms with E-state index in [2.05, 4.69) is 4.72 Å². The Bertz CT molecular complexity index is 1130. The fraction of sp³-hybridized carbons (Fsp3) is 0.240. The van der Waals surface area contributed by atoms with Gasteiger partial charge < -0.3 is 9.64 Å². The van der Waals surface area contributed by atoms with Gasteiger partial charge in [-0.05, 0) is 48.2 Å². The highest BCUT2D eigenvalue weighted by Crippen LogP contribution is 2.21. The van der Waals surface area contributed by atoms with Crippen LogP contribution in [0, 0.1) is 0 Å². The number of methoxy groups -OCH3 is 1. The third-order valence-electron chi connectivity index (χ3n) is 5.22. The zero-order valence-electron chi connectivity index (χ0n) is 18.3. The van der Waals surface area contributed by atoms with Crippen LogP contribution in [0.15, 0.2) is 83.8 Å². The summed E-state index contributed by atoms with van der Waals surface area (Å²) < 4.78 is 32.9. The van der Waals surface area contributed by atoms with E-state index in [-0.39, 0.29) is 10.8 Å². The van der Waals surface area contributed by atoms with Crippen molar-refractivity contribution in [3.8, 4) is 5.75 Å². The van der Waals surface area contributed by atoms with Crippen molar-refractivity contribution in [3.05, 3.63) is 90.0 Å². The Morgan fingerprint density at radius 1 is 0.906 bits per heavy atom. The van der Waals surface area contributed by atoms with Gasteiger partial charge in [0.1, 0.15) is 5.75 Å². The van der Waals surface area contributed by atoms with Crippen molar-refractivity contribution >= 4 is 21.6 Å². The first kappa shape index (κ1) is 23.5. The maximum absolute atomic E-state index is 12.6. The van der Waals surface area contributed by atoms with Crippen LogP contribution in [0.1, 0.15) is 17.5 Å². The molecule has 32 heavy (non-hydrogen) atoms. The summed E-state index contributed by atoms with van der Waals surface area (Å²) >= 11 is 0. The minimum atomic E-state index is -3.57. The highest BCUT2D eigenvalue weighted by molar-refractivity contribution is 7.89. The molecule has 0 aromatic heterocycles. The first-order valence-corrected chi connectivity index (χ1v) is 11.9. The second-order valence-electron chi connectivity index (χ2n) is 7.43. The van der Waals surface area contributed by atoms with Crippen molar-refractivity contribution in [3.63, 3.8) is 0 Å². The third kappa shape index (κ3) is 6.42. The number of hydrogen-bond acceptors (Lipinski definition) is 4. The fourth-order valence-electron chi connectivity index (χ4n) is 3.28. The second-order valence-corrected chi connectivity index (χ2v) is 9.20. The summed E-state index contributed by atoms with van der Waals surface area (Å²) in [6.07, 6.45) is 1.46. The van der Waals surface area contributed by atoms with Crippen molar-refractivity contribution in [1.82, 2.24) is 4.72 Å². The molecular weight excluding hydrogens is 424 g/mol. The van der Waals surface area contributed by atoms with Gasteiger partial charge in [0.25, 0.3) is 0 Å². The summed E-state index contributed by atoms with van der Waals surface area (Å²) in [5.74, 6) is 0.661. The topological polar surface area (TPSA) is 75.7 Å². The maximum Gasteiger partial charge on any atom is 0.240 e. The molecule has 0 radical (unpaired) electrons. The largest absolute Gasteiger partial charge is 0.497 e. The van der Waals surface area contributed by atoms with E-state index < -0.39 is 10.0 Å². The number of hydrogen-bond donors (Lipinski definition) is 1. The van der Waals surface area contributed by atoms with Crippen molar-refractivity contribution < 1.29 is 17.9 Å². The van der Waals surface area contributed by atoms with Gasteiger partial charge in [-0.1, -0.05) is 48.5 Å². The number of benzene rings is 3. The number of amides is 1. The quantitative estimate of drug-likeness (QED) is 0.508. The average molecular weight is 453 g/mol. The van der Waals surface area contributed by atoms with Crippen LogP contribution in [-0.2, 0) is 27.7 Å². The monoisotopic (exact) mass is 452 g/mol. The van der Waals surface area contributed by atoms with E-state index in [9.17, 15) is 13.2 Å². The number of nitrogens with zero attached hydrogens (tertiary/aromatic N) is 1. The fourth-order valence-corrected chi connectivity index (χ4v) is 4.31. The number of nitrogens with one attached hydrogen (secondary N) is 1. The molecule has 3 rings (SSSR count). The lowest BCUT2D eigenvalue weighted by Crippen LogP contribution is -2.26. The van der Waals surface area contributed by atoms with Crippen molar-refractivity contribution in [2.45, 2.75) is 24.2 Å². The SMILES string of the molecule is COc1cccc(N(C)C(=O)CCc2ccc(S(=O)(=O)NCCc3ccccc3)cc2)c1. The van der Waals surface area contributed by atoms with Gasteiger partial charge in [0.2, 0.25) is 15.9 Å². The van der Waals surface area contributed by atoms with Crippen LogP contribution in [0.4, 0.5) is 5.69 Å². The van der Waals surface area contributed by atoms with Gasteiger partial charge in [0.15, 0.2) is 0 Å². The second kappa shape index (κ2) is 10.9. The zero-order valence-corrected chi connectivity index (χ0v) is 19.1. The highest BCUT2D eigenvalue weighted by atomic mass is 32.2. The van der Waals surface area contributed by atoms with E-state index in [0.717, 1.165) is 16.8 Å². The molecule has 0 bridgehead atoms. The van der Waals surface area contributed by atoms with Crippen molar-refractivity contribution in [2.24, 2.45) is 0 Å². The van der Waals surface area contributed by atoms with Crippen molar-refractivity contribution in [1.29, 1.82) is 0 Å². The molecule has 168 valence electrons. The molecule has 0 heterocycles. The highest BCUT2D eigenvalue weighted by Gasteiger charge is 2.15. The lowest BCUT2D eigenvalue weighted by Gasteiger charge is -2.18. The standard InChI is InChI=1S/C25H28N2O4S/c1-27(22-9-6-10-23(19-22)31-2)25(28)16-13-21-11-14-24(15-12-21)32(29,30)26-18-17-20-7-4-3-5-8-20/h3-12,14-15,19,26H,13,16-18H2,1-2H3. The molecule has 7 heteroatoms. The molecule has 3 aromatic rings. The predicted molar refractivity (Wildman–Crippen MR) is 127 cm³/mol. The molecule has 0 unspecified atom stereocenters. The number of rotatable bonds is 10. The first-order chi connectivity index (χ1) is 15.4. The lowest BCUT2D eigenvalue weighted by atomic mass is 10.1. The molecule has 0 atom stereocenters. The van der Waals surface area contributed by atoms with Gasteiger partial charge in [0, 0.05) is 31.8 Å². The average Bonchev–Trinajstić information content (AvgIpc) is 2.83. The Morgan fingerprint density at radius 2 is 1.59 bits per heavy atom. The van der Waals surface area contributed by atoms with Crippen LogP contribution >= 0.6 is 0 Å². The molecule has 0 aliphatic rings. The Labute approximate surface area is 189 Å². The normalized spacial score (nSPS) is 11.2. The molecule has 0 saturated carbocycles. The van der Waals surface area contributed by atoms with Crippen LogP contribution in [0.3, 0.4) is 0 Å². The van der Waals surface area contributed by atoms with E-state index >= 15 is 0 Å². The Balaban J connectivity index is 1.52. The van der Waals surface area contributed by atoms with E-state index in [4.69, 9.17) is 4.74 Å². The number of ether oxygens (including phenoxy) is 1. The first-order valence-electron chi connectivity index (χ1n) is 10.4. The lowest BCUT2D eigenvalue weighted by molar-refractivity contribution is -0.118. The van der Waals surface area contributed by atoms with E-state index in [1.165, 1.54) is 0 Å². The van der Waals surface area contributed by atoms with Gasteiger partial charge >= 0.3 is 0 Å². The maximum atomic E-state index is 12.6. The van der Waals surface area contributed by atoms with Gasteiger partial charge in [-0.3, -0.25) is 4.79 Å². The van der Waals surface area contributed by atoms with Gasteiger partial charge in [-0.2, -0.15) is 0 Å². The van der Waals surface area contributed by atoms with Crippen molar-refractivity contribution in [2.75, 3.05) is 25.6 Å². The number of sulfonamides is 1. The Morgan fingerprint density at radius 3 is 2.28 bits per heavy atom. The summed E-state index contributed by atoms with van der Waals surface area (Å²) in [6.45, 7) is 0.333. The van der Waals surface area contributed by atoms with Crippen LogP contribution in [0.5, 0.6) is 5.75 Å². The third-order valence-corrected chi connectivity index (χ3v) is 6.70. The molecule has 6 nitrogen and oxygen atoms in total. The number of carbonyl (C=O) groups is 1. The molecule has 0 fully saturated rings. The van der Waals surface area contributed by atoms with E-state index in [1.807, 2.05) is 54.6 Å². The molecule has 3 aromatic carbocycles. The molecule has 0 aliphatic carbocycles. The van der Waals surface area contributed by atoms with Gasteiger partial charge in [-0.15, -0.1) is 0 Å². The molecule has 1 amide bonds.